The van der Waals surface area contributed by atoms with E-state index in [1.807, 2.05) is 25.1 Å². The predicted octanol–water partition coefficient (Wildman–Crippen LogP) is 2.86. The average Bonchev–Trinajstić information content (AvgIpc) is 2.91. The molecule has 0 bridgehead atoms. The standard InChI is InChI=1S/C19H23NO4/c1-12-9-16(13(2)24-12)18(21)20-11-19(22)8-4-5-14-10-15(23-3)6-7-17(14)19/h6-7,9-10,22H,4-5,8,11H2,1-3H3,(H,20,21)/t19-/m0/s1. The van der Waals surface area contributed by atoms with Crippen molar-refractivity contribution in [2.75, 3.05) is 13.7 Å². The summed E-state index contributed by atoms with van der Waals surface area (Å²) >= 11 is 0. The monoisotopic (exact) mass is 329 g/mol. The molecule has 1 amide bonds. The molecular formula is C19H23NO4. The highest BCUT2D eigenvalue weighted by molar-refractivity contribution is 5.95. The van der Waals surface area contributed by atoms with Crippen molar-refractivity contribution < 1.29 is 19.1 Å². The van der Waals surface area contributed by atoms with Gasteiger partial charge >= 0.3 is 0 Å². The third kappa shape index (κ3) is 3.04. The van der Waals surface area contributed by atoms with Crippen LogP contribution in [-0.4, -0.2) is 24.7 Å². The minimum Gasteiger partial charge on any atom is -0.497 e. The van der Waals surface area contributed by atoms with Crippen LogP contribution in [0.25, 0.3) is 0 Å². The number of nitrogens with one attached hydrogen (secondary N) is 1. The van der Waals surface area contributed by atoms with Crippen LogP contribution < -0.4 is 10.1 Å². The fourth-order valence-corrected chi connectivity index (χ4v) is 3.43. The maximum atomic E-state index is 12.4. The van der Waals surface area contributed by atoms with Gasteiger partial charge < -0.3 is 19.6 Å². The molecule has 3 rings (SSSR count). The summed E-state index contributed by atoms with van der Waals surface area (Å²) in [6.07, 6.45) is 2.40. The molecule has 5 heteroatoms. The Morgan fingerprint density at radius 2 is 2.17 bits per heavy atom. The fourth-order valence-electron chi connectivity index (χ4n) is 3.43. The van der Waals surface area contributed by atoms with Crippen LogP contribution in [-0.2, 0) is 12.0 Å². The molecule has 0 unspecified atom stereocenters. The maximum absolute atomic E-state index is 12.4. The molecule has 2 aromatic rings. The summed E-state index contributed by atoms with van der Waals surface area (Å²) < 4.78 is 10.7. The topological polar surface area (TPSA) is 71.7 Å². The first-order valence-electron chi connectivity index (χ1n) is 8.18. The van der Waals surface area contributed by atoms with Crippen LogP contribution >= 0.6 is 0 Å². The molecule has 128 valence electrons. The molecule has 0 aliphatic heterocycles. The molecule has 1 aliphatic carbocycles. The van der Waals surface area contributed by atoms with E-state index in [9.17, 15) is 9.90 Å². The fraction of sp³-hybridized carbons (Fsp3) is 0.421. The molecule has 0 saturated carbocycles. The smallest absolute Gasteiger partial charge is 0.254 e. The number of fused-ring (bicyclic) bond motifs is 1. The molecule has 0 fully saturated rings. The maximum Gasteiger partial charge on any atom is 0.254 e. The highest BCUT2D eigenvalue weighted by Gasteiger charge is 2.35. The predicted molar refractivity (Wildman–Crippen MR) is 90.3 cm³/mol. The van der Waals surface area contributed by atoms with Gasteiger partial charge in [0.2, 0.25) is 0 Å². The van der Waals surface area contributed by atoms with E-state index in [0.717, 1.165) is 29.7 Å². The van der Waals surface area contributed by atoms with E-state index < -0.39 is 5.60 Å². The van der Waals surface area contributed by atoms with Gasteiger partial charge in [0.15, 0.2) is 0 Å². The van der Waals surface area contributed by atoms with E-state index >= 15 is 0 Å². The van der Waals surface area contributed by atoms with Crippen LogP contribution in [0.3, 0.4) is 0 Å². The molecule has 1 aromatic carbocycles. The summed E-state index contributed by atoms with van der Waals surface area (Å²) in [7, 11) is 1.63. The molecule has 5 nitrogen and oxygen atoms in total. The Kier molecular flexibility index (Phi) is 4.37. The van der Waals surface area contributed by atoms with Crippen molar-refractivity contribution in [2.45, 2.75) is 38.7 Å². The third-order valence-corrected chi connectivity index (χ3v) is 4.68. The van der Waals surface area contributed by atoms with E-state index in [0.29, 0.717) is 23.5 Å². The lowest BCUT2D eigenvalue weighted by Crippen LogP contribution is -2.43. The van der Waals surface area contributed by atoms with Gasteiger partial charge in [0.25, 0.3) is 5.91 Å². The van der Waals surface area contributed by atoms with Gasteiger partial charge in [0, 0.05) is 0 Å². The second-order valence-corrected chi connectivity index (χ2v) is 6.42. The molecule has 2 N–H and O–H groups in total. The minimum atomic E-state index is -1.05. The number of benzene rings is 1. The van der Waals surface area contributed by atoms with Gasteiger partial charge in [-0.2, -0.15) is 0 Å². The van der Waals surface area contributed by atoms with Crippen molar-refractivity contribution >= 4 is 5.91 Å². The first-order chi connectivity index (χ1) is 11.4. The molecular weight excluding hydrogens is 306 g/mol. The summed E-state index contributed by atoms with van der Waals surface area (Å²) in [6.45, 7) is 3.75. The van der Waals surface area contributed by atoms with Gasteiger partial charge in [0.05, 0.1) is 19.2 Å². The normalized spacial score (nSPS) is 19.7. The number of carbonyl (C=O) groups is 1. The van der Waals surface area contributed by atoms with Gasteiger partial charge in [-0.05, 0) is 62.4 Å². The van der Waals surface area contributed by atoms with E-state index in [2.05, 4.69) is 5.32 Å². The molecule has 1 aromatic heterocycles. The molecule has 1 heterocycles. The molecule has 0 spiro atoms. The molecule has 0 saturated heterocycles. The van der Waals surface area contributed by atoms with Crippen LogP contribution in [0.4, 0.5) is 0 Å². The summed E-state index contributed by atoms with van der Waals surface area (Å²) in [5, 5.41) is 13.9. The Morgan fingerprint density at radius 1 is 1.38 bits per heavy atom. The van der Waals surface area contributed by atoms with Crippen molar-refractivity contribution in [3.8, 4) is 5.75 Å². The van der Waals surface area contributed by atoms with Crippen molar-refractivity contribution in [1.29, 1.82) is 0 Å². The largest absolute Gasteiger partial charge is 0.497 e. The van der Waals surface area contributed by atoms with Crippen LogP contribution in [0.15, 0.2) is 28.7 Å². The Labute approximate surface area is 141 Å². The number of hydrogen-bond donors (Lipinski definition) is 2. The van der Waals surface area contributed by atoms with E-state index in [1.54, 1.807) is 20.1 Å². The van der Waals surface area contributed by atoms with Crippen LogP contribution in [0.1, 0.15) is 45.8 Å². The highest BCUT2D eigenvalue weighted by Crippen LogP contribution is 2.36. The summed E-state index contributed by atoms with van der Waals surface area (Å²) in [4.78, 5) is 12.4. The first-order valence-corrected chi connectivity index (χ1v) is 8.18. The lowest BCUT2D eigenvalue weighted by atomic mass is 9.79. The van der Waals surface area contributed by atoms with Crippen molar-refractivity contribution in [3.63, 3.8) is 0 Å². The van der Waals surface area contributed by atoms with Crippen LogP contribution in [0.5, 0.6) is 5.75 Å². The van der Waals surface area contributed by atoms with Crippen LogP contribution in [0, 0.1) is 13.8 Å². The quantitative estimate of drug-likeness (QED) is 0.905. The second-order valence-electron chi connectivity index (χ2n) is 6.42. The molecule has 0 radical (unpaired) electrons. The van der Waals surface area contributed by atoms with Gasteiger partial charge in [0.1, 0.15) is 22.9 Å². The Balaban J connectivity index is 1.78. The summed E-state index contributed by atoms with van der Waals surface area (Å²) in [5.41, 5.74) is 1.41. The third-order valence-electron chi connectivity index (χ3n) is 4.68. The SMILES string of the molecule is COc1ccc2c(c1)CCC[C@]2(O)CNC(=O)c1cc(C)oc1C. The Morgan fingerprint density at radius 3 is 2.83 bits per heavy atom. The van der Waals surface area contributed by atoms with Gasteiger partial charge in [-0.1, -0.05) is 6.07 Å². The van der Waals surface area contributed by atoms with Crippen molar-refractivity contribution in [3.05, 3.63) is 52.5 Å². The zero-order valence-electron chi connectivity index (χ0n) is 14.3. The number of furan rings is 1. The second kappa shape index (κ2) is 6.32. The lowest BCUT2D eigenvalue weighted by molar-refractivity contribution is 0.0188. The summed E-state index contributed by atoms with van der Waals surface area (Å²) in [5.74, 6) is 1.85. The average molecular weight is 329 g/mol. The number of aryl methyl sites for hydroxylation is 3. The van der Waals surface area contributed by atoms with Gasteiger partial charge in [-0.25, -0.2) is 0 Å². The summed E-state index contributed by atoms with van der Waals surface area (Å²) in [6, 6.07) is 7.42. The zero-order valence-corrected chi connectivity index (χ0v) is 14.3. The Hall–Kier alpha value is -2.27. The number of amides is 1. The number of carbonyl (C=O) groups excluding carboxylic acids is 1. The Bertz CT molecular complexity index is 765. The van der Waals surface area contributed by atoms with Gasteiger partial charge in [-0.3, -0.25) is 4.79 Å². The zero-order chi connectivity index (χ0) is 17.3. The highest BCUT2D eigenvalue weighted by atomic mass is 16.5. The number of ether oxygens (including phenoxy) is 1. The molecule has 1 aliphatic rings. The number of methoxy groups -OCH3 is 1. The minimum absolute atomic E-state index is 0.175. The molecule has 1 atom stereocenters. The first kappa shape index (κ1) is 16.6. The number of aliphatic hydroxyl groups is 1. The number of rotatable bonds is 4. The lowest BCUT2D eigenvalue weighted by Gasteiger charge is -2.34. The van der Waals surface area contributed by atoms with E-state index in [-0.39, 0.29) is 12.5 Å². The van der Waals surface area contributed by atoms with Gasteiger partial charge in [-0.15, -0.1) is 0 Å². The van der Waals surface area contributed by atoms with Crippen LogP contribution in [0.2, 0.25) is 0 Å². The van der Waals surface area contributed by atoms with E-state index in [4.69, 9.17) is 9.15 Å². The van der Waals surface area contributed by atoms with E-state index in [1.165, 1.54) is 0 Å². The molecule has 24 heavy (non-hydrogen) atoms. The van der Waals surface area contributed by atoms with Crippen molar-refractivity contribution in [1.82, 2.24) is 5.32 Å². The van der Waals surface area contributed by atoms with Crippen molar-refractivity contribution in [2.24, 2.45) is 0 Å². The number of hydrogen-bond acceptors (Lipinski definition) is 4.